The second-order valence-corrected chi connectivity index (χ2v) is 7.54. The Bertz CT molecular complexity index is 637. The van der Waals surface area contributed by atoms with Crippen molar-refractivity contribution >= 4 is 21.6 Å². The summed E-state index contributed by atoms with van der Waals surface area (Å²) in [6, 6.07) is 6.12. The Morgan fingerprint density at radius 3 is 2.33 bits per heavy atom. The van der Waals surface area contributed by atoms with Gasteiger partial charge in [-0.15, -0.1) is 0 Å². The van der Waals surface area contributed by atoms with Gasteiger partial charge in [-0.2, -0.15) is 4.31 Å². The molecule has 1 amide bonds. The fraction of sp³-hybridized carbons (Fsp3) is 0.500. The van der Waals surface area contributed by atoms with Crippen LogP contribution in [-0.2, 0) is 19.6 Å². The number of benzene rings is 1. The number of anilines is 1. The van der Waals surface area contributed by atoms with Gasteiger partial charge in [0.05, 0.1) is 17.0 Å². The highest BCUT2D eigenvalue weighted by molar-refractivity contribution is 7.89. The van der Waals surface area contributed by atoms with Crippen molar-refractivity contribution in [3.05, 3.63) is 24.3 Å². The molecule has 2 rings (SSSR count). The van der Waals surface area contributed by atoms with E-state index in [-0.39, 0.29) is 10.8 Å². The SMILES string of the molecule is CC(=O)Nc1ccc(S(=O)(=O)N2C(C)OCC2(C)C)cc1. The van der Waals surface area contributed by atoms with Crippen LogP contribution in [0.15, 0.2) is 29.2 Å². The second-order valence-electron chi connectivity index (χ2n) is 5.73. The average molecular weight is 312 g/mol. The third kappa shape index (κ3) is 3.09. The maximum atomic E-state index is 12.8. The zero-order chi connectivity index (χ0) is 15.8. The first kappa shape index (κ1) is 15.9. The number of hydrogen-bond acceptors (Lipinski definition) is 4. The highest BCUT2D eigenvalue weighted by Crippen LogP contribution is 2.33. The lowest BCUT2D eigenvalue weighted by molar-refractivity contribution is -0.114. The van der Waals surface area contributed by atoms with E-state index in [1.54, 1.807) is 19.1 Å². The number of carbonyl (C=O) groups is 1. The second kappa shape index (κ2) is 5.40. The fourth-order valence-corrected chi connectivity index (χ4v) is 4.36. The number of carbonyl (C=O) groups excluding carboxylic acids is 1. The van der Waals surface area contributed by atoms with Crippen LogP contribution >= 0.6 is 0 Å². The molecule has 1 aliphatic rings. The van der Waals surface area contributed by atoms with E-state index in [2.05, 4.69) is 5.32 Å². The molecule has 21 heavy (non-hydrogen) atoms. The Morgan fingerprint density at radius 1 is 1.33 bits per heavy atom. The average Bonchev–Trinajstić information content (AvgIpc) is 2.63. The van der Waals surface area contributed by atoms with Gasteiger partial charge in [-0.3, -0.25) is 4.79 Å². The molecule has 1 saturated heterocycles. The van der Waals surface area contributed by atoms with E-state index in [1.807, 2.05) is 13.8 Å². The molecule has 1 heterocycles. The number of nitrogens with one attached hydrogen (secondary N) is 1. The van der Waals surface area contributed by atoms with E-state index < -0.39 is 21.8 Å². The van der Waals surface area contributed by atoms with Crippen LogP contribution < -0.4 is 5.32 Å². The fourth-order valence-electron chi connectivity index (χ4n) is 2.50. The minimum atomic E-state index is -3.65. The molecule has 0 bridgehead atoms. The van der Waals surface area contributed by atoms with Crippen molar-refractivity contribution in [3.8, 4) is 0 Å². The van der Waals surface area contributed by atoms with Crippen molar-refractivity contribution in [2.45, 2.75) is 44.4 Å². The van der Waals surface area contributed by atoms with Crippen LogP contribution in [-0.4, -0.2) is 37.0 Å². The van der Waals surface area contributed by atoms with Crippen molar-refractivity contribution in [1.29, 1.82) is 0 Å². The number of amides is 1. The lowest BCUT2D eigenvalue weighted by Crippen LogP contribution is -2.47. The molecule has 7 heteroatoms. The monoisotopic (exact) mass is 312 g/mol. The van der Waals surface area contributed by atoms with Gasteiger partial charge in [-0.05, 0) is 45.0 Å². The lowest BCUT2D eigenvalue weighted by atomic mass is 10.1. The predicted molar refractivity (Wildman–Crippen MR) is 79.3 cm³/mol. The molecule has 1 aliphatic heterocycles. The van der Waals surface area contributed by atoms with Gasteiger partial charge in [0.15, 0.2) is 0 Å². The summed E-state index contributed by atoms with van der Waals surface area (Å²) in [6.07, 6.45) is -0.500. The van der Waals surface area contributed by atoms with Crippen LogP contribution in [0.5, 0.6) is 0 Å². The van der Waals surface area contributed by atoms with Crippen LogP contribution in [0.1, 0.15) is 27.7 Å². The van der Waals surface area contributed by atoms with E-state index in [0.717, 1.165) is 0 Å². The normalized spacial score (nSPS) is 22.2. The number of hydrogen-bond donors (Lipinski definition) is 1. The number of rotatable bonds is 3. The highest BCUT2D eigenvalue weighted by atomic mass is 32.2. The molecule has 0 aliphatic carbocycles. The topological polar surface area (TPSA) is 75.7 Å². The Morgan fingerprint density at radius 2 is 1.90 bits per heavy atom. The Kier molecular flexibility index (Phi) is 4.10. The summed E-state index contributed by atoms with van der Waals surface area (Å²) >= 11 is 0. The van der Waals surface area contributed by atoms with Gasteiger partial charge in [0.25, 0.3) is 0 Å². The van der Waals surface area contributed by atoms with E-state index >= 15 is 0 Å². The van der Waals surface area contributed by atoms with Crippen LogP contribution in [0.25, 0.3) is 0 Å². The summed E-state index contributed by atoms with van der Waals surface area (Å²) in [4.78, 5) is 11.2. The summed E-state index contributed by atoms with van der Waals surface area (Å²) in [6.45, 7) is 7.14. The van der Waals surface area contributed by atoms with Crippen molar-refractivity contribution in [1.82, 2.24) is 4.31 Å². The first-order chi connectivity index (χ1) is 9.64. The third-order valence-electron chi connectivity index (χ3n) is 3.34. The summed E-state index contributed by atoms with van der Waals surface area (Å²) in [7, 11) is -3.65. The molecule has 0 radical (unpaired) electrons. The molecule has 1 atom stereocenters. The van der Waals surface area contributed by atoms with Crippen LogP contribution in [0.3, 0.4) is 0 Å². The lowest BCUT2D eigenvalue weighted by Gasteiger charge is -2.30. The maximum absolute atomic E-state index is 12.8. The van der Waals surface area contributed by atoms with Crippen LogP contribution in [0.2, 0.25) is 0 Å². The number of sulfonamides is 1. The maximum Gasteiger partial charge on any atom is 0.245 e. The molecule has 1 fully saturated rings. The van der Waals surface area contributed by atoms with Gasteiger partial charge in [0, 0.05) is 12.6 Å². The van der Waals surface area contributed by atoms with Gasteiger partial charge >= 0.3 is 0 Å². The minimum Gasteiger partial charge on any atom is -0.360 e. The van der Waals surface area contributed by atoms with E-state index in [4.69, 9.17) is 4.74 Å². The summed E-state index contributed by atoms with van der Waals surface area (Å²) < 4.78 is 32.3. The molecule has 1 aromatic rings. The van der Waals surface area contributed by atoms with E-state index in [1.165, 1.54) is 23.4 Å². The Hall–Kier alpha value is -1.44. The van der Waals surface area contributed by atoms with Crippen LogP contribution in [0.4, 0.5) is 5.69 Å². The zero-order valence-electron chi connectivity index (χ0n) is 12.6. The molecular formula is C14H20N2O4S. The van der Waals surface area contributed by atoms with Crippen molar-refractivity contribution in [3.63, 3.8) is 0 Å². The van der Waals surface area contributed by atoms with Gasteiger partial charge in [0.2, 0.25) is 15.9 Å². The summed E-state index contributed by atoms with van der Waals surface area (Å²) in [5, 5.41) is 2.61. The van der Waals surface area contributed by atoms with E-state index in [9.17, 15) is 13.2 Å². The first-order valence-electron chi connectivity index (χ1n) is 6.68. The largest absolute Gasteiger partial charge is 0.360 e. The Balaban J connectivity index is 2.33. The summed E-state index contributed by atoms with van der Waals surface area (Å²) in [5.74, 6) is -0.201. The third-order valence-corrected chi connectivity index (χ3v) is 5.51. The predicted octanol–water partition coefficient (Wildman–Crippen LogP) is 1.79. The highest BCUT2D eigenvalue weighted by Gasteiger charge is 2.46. The molecule has 116 valence electrons. The number of nitrogens with zero attached hydrogens (tertiary/aromatic N) is 1. The van der Waals surface area contributed by atoms with Gasteiger partial charge in [-0.25, -0.2) is 8.42 Å². The number of ether oxygens (including phenoxy) is 1. The standard InChI is InChI=1S/C14H20N2O4S/c1-10(17)15-12-5-7-13(8-6-12)21(18,19)16-11(2)20-9-14(16,3)4/h5-8,11H,9H2,1-4H3,(H,15,17). The Labute approximate surface area is 125 Å². The molecule has 0 spiro atoms. The van der Waals surface area contributed by atoms with Crippen LogP contribution in [0, 0.1) is 0 Å². The quantitative estimate of drug-likeness (QED) is 0.923. The molecule has 1 unspecified atom stereocenters. The molecule has 0 saturated carbocycles. The van der Waals surface area contributed by atoms with Crippen molar-refractivity contribution in [2.75, 3.05) is 11.9 Å². The molecule has 1 aromatic carbocycles. The zero-order valence-corrected chi connectivity index (χ0v) is 13.4. The molecule has 1 N–H and O–H groups in total. The van der Waals surface area contributed by atoms with Gasteiger partial charge in [0.1, 0.15) is 6.23 Å². The van der Waals surface area contributed by atoms with Gasteiger partial charge < -0.3 is 10.1 Å². The molecule has 0 aromatic heterocycles. The van der Waals surface area contributed by atoms with Gasteiger partial charge in [-0.1, -0.05) is 0 Å². The first-order valence-corrected chi connectivity index (χ1v) is 8.12. The summed E-state index contributed by atoms with van der Waals surface area (Å²) in [5.41, 5.74) is -0.0272. The minimum absolute atomic E-state index is 0.182. The van der Waals surface area contributed by atoms with Crippen molar-refractivity contribution < 1.29 is 17.9 Å². The molecule has 6 nitrogen and oxygen atoms in total. The molecular weight excluding hydrogens is 292 g/mol. The van der Waals surface area contributed by atoms with E-state index in [0.29, 0.717) is 12.3 Å². The smallest absolute Gasteiger partial charge is 0.245 e. The van der Waals surface area contributed by atoms with Crippen molar-refractivity contribution in [2.24, 2.45) is 0 Å².